The Morgan fingerprint density at radius 3 is 2.75 bits per heavy atom. The molecule has 1 aromatic heterocycles. The van der Waals surface area contributed by atoms with E-state index in [-0.39, 0.29) is 5.56 Å². The Labute approximate surface area is 132 Å². The average Bonchev–Trinajstić information content (AvgIpc) is 2.81. The van der Waals surface area contributed by atoms with Gasteiger partial charge in [0.05, 0.1) is 16.8 Å². The fraction of sp³-hybridized carbons (Fsp3) is 0. The van der Waals surface area contributed by atoms with Gasteiger partial charge in [0, 0.05) is 8.59 Å². The van der Waals surface area contributed by atoms with Crippen molar-refractivity contribution in [1.82, 2.24) is 15.0 Å². The van der Waals surface area contributed by atoms with E-state index in [1.807, 2.05) is 12.1 Å². The fourth-order valence-corrected chi connectivity index (χ4v) is 2.99. The van der Waals surface area contributed by atoms with Gasteiger partial charge in [-0.25, -0.2) is 9.48 Å². The van der Waals surface area contributed by atoms with Crippen LogP contribution in [0.4, 0.5) is 0 Å². The molecule has 1 N–H and O–H groups in total. The lowest BCUT2D eigenvalue weighted by molar-refractivity contribution is 0.0697. The minimum absolute atomic E-state index is 0.190. The summed E-state index contributed by atoms with van der Waals surface area (Å²) in [5.74, 6) is -0.984. The van der Waals surface area contributed by atoms with E-state index in [4.69, 9.17) is 16.7 Å². The van der Waals surface area contributed by atoms with Crippen molar-refractivity contribution >= 4 is 51.2 Å². The molecule has 3 aromatic rings. The smallest absolute Gasteiger partial charge is 0.335 e. The van der Waals surface area contributed by atoms with E-state index in [1.165, 1.54) is 12.1 Å². The van der Waals surface area contributed by atoms with E-state index in [0.29, 0.717) is 10.5 Å². The lowest BCUT2D eigenvalue weighted by Crippen LogP contribution is -2.00. The molecule has 7 heteroatoms. The van der Waals surface area contributed by atoms with Gasteiger partial charge in [0.1, 0.15) is 5.52 Å². The molecule has 3 rings (SSSR count). The summed E-state index contributed by atoms with van der Waals surface area (Å²) in [4.78, 5) is 10.9. The van der Waals surface area contributed by atoms with Crippen LogP contribution in [0.1, 0.15) is 10.4 Å². The van der Waals surface area contributed by atoms with E-state index in [0.717, 1.165) is 14.8 Å². The first-order valence-corrected chi connectivity index (χ1v) is 7.06. The van der Waals surface area contributed by atoms with Gasteiger partial charge in [-0.3, -0.25) is 0 Å². The number of aromatic carboxylic acids is 1. The Bertz CT molecular complexity index is 832. The first-order chi connectivity index (χ1) is 9.56. The second kappa shape index (κ2) is 5.02. The molecule has 0 radical (unpaired) electrons. The van der Waals surface area contributed by atoms with Crippen LogP contribution in [-0.2, 0) is 0 Å². The number of nitrogens with zero attached hydrogens (tertiary/aromatic N) is 3. The third-order valence-corrected chi connectivity index (χ3v) is 3.93. The minimum atomic E-state index is -0.984. The highest BCUT2D eigenvalue weighted by molar-refractivity contribution is 14.1. The van der Waals surface area contributed by atoms with Crippen molar-refractivity contribution in [2.45, 2.75) is 0 Å². The number of aromatic nitrogens is 3. The van der Waals surface area contributed by atoms with Gasteiger partial charge in [0.2, 0.25) is 0 Å². The summed E-state index contributed by atoms with van der Waals surface area (Å²) in [6, 6.07) is 10.2. The van der Waals surface area contributed by atoms with Gasteiger partial charge in [-0.05, 0) is 59.0 Å². The largest absolute Gasteiger partial charge is 0.478 e. The zero-order valence-electron chi connectivity index (χ0n) is 9.92. The number of carboxylic acids is 1. The van der Waals surface area contributed by atoms with Crippen molar-refractivity contribution < 1.29 is 9.90 Å². The zero-order valence-corrected chi connectivity index (χ0v) is 12.8. The molecule has 0 amide bonds. The maximum absolute atomic E-state index is 10.9. The summed E-state index contributed by atoms with van der Waals surface area (Å²) in [6.07, 6.45) is 0. The van der Waals surface area contributed by atoms with Gasteiger partial charge < -0.3 is 5.11 Å². The molecule has 1 heterocycles. The molecule has 0 spiro atoms. The molecule has 0 aliphatic carbocycles. The predicted molar refractivity (Wildman–Crippen MR) is 83.6 cm³/mol. The summed E-state index contributed by atoms with van der Waals surface area (Å²) in [5, 5.41) is 17.7. The molecule has 0 aliphatic heterocycles. The van der Waals surface area contributed by atoms with Gasteiger partial charge in [-0.1, -0.05) is 16.8 Å². The van der Waals surface area contributed by atoms with Crippen LogP contribution in [0, 0.1) is 3.57 Å². The molecule has 0 atom stereocenters. The number of halogens is 2. The van der Waals surface area contributed by atoms with Crippen LogP contribution in [0.15, 0.2) is 36.4 Å². The number of carboxylic acid groups (broad SMARTS) is 1. The van der Waals surface area contributed by atoms with Crippen molar-refractivity contribution in [3.05, 3.63) is 50.6 Å². The number of hydrogen-bond donors (Lipinski definition) is 1. The molecule has 0 bridgehead atoms. The second-order valence-corrected chi connectivity index (χ2v) is 5.70. The van der Waals surface area contributed by atoms with Gasteiger partial charge in [0.15, 0.2) is 0 Å². The average molecular weight is 400 g/mol. The molecular formula is C13H7ClIN3O2. The maximum Gasteiger partial charge on any atom is 0.335 e. The number of fused-ring (bicyclic) bond motifs is 1. The Hall–Kier alpha value is -1.67. The molecule has 2 aromatic carbocycles. The van der Waals surface area contributed by atoms with Crippen molar-refractivity contribution in [1.29, 1.82) is 0 Å². The van der Waals surface area contributed by atoms with Crippen LogP contribution in [0.2, 0.25) is 5.02 Å². The number of benzene rings is 2. The molecule has 0 aliphatic rings. The van der Waals surface area contributed by atoms with E-state index in [2.05, 4.69) is 32.9 Å². The summed E-state index contributed by atoms with van der Waals surface area (Å²) >= 11 is 8.11. The topological polar surface area (TPSA) is 68.0 Å². The molecule has 0 saturated carbocycles. The van der Waals surface area contributed by atoms with Gasteiger partial charge in [-0.2, -0.15) is 0 Å². The predicted octanol–water partition coefficient (Wildman–Crippen LogP) is 3.38. The summed E-state index contributed by atoms with van der Waals surface area (Å²) in [7, 11) is 0. The maximum atomic E-state index is 10.9. The van der Waals surface area contributed by atoms with Gasteiger partial charge in [-0.15, -0.1) is 5.10 Å². The quantitative estimate of drug-likeness (QED) is 0.671. The third-order valence-electron chi connectivity index (χ3n) is 2.83. The minimum Gasteiger partial charge on any atom is -0.478 e. The van der Waals surface area contributed by atoms with Crippen molar-refractivity contribution in [2.75, 3.05) is 0 Å². The molecule has 0 fully saturated rings. The number of rotatable bonds is 2. The highest BCUT2D eigenvalue weighted by atomic mass is 127. The van der Waals surface area contributed by atoms with Crippen molar-refractivity contribution in [2.24, 2.45) is 0 Å². The summed E-state index contributed by atoms with van der Waals surface area (Å²) in [6.45, 7) is 0. The summed E-state index contributed by atoms with van der Waals surface area (Å²) in [5.41, 5.74) is 2.32. The standard InChI is InChI=1S/C13H7ClIN3O2/c14-8-2-4-11(9(15)6-8)18-12-3-1-7(13(19)20)5-10(12)16-17-18/h1-6H,(H,19,20). The highest BCUT2D eigenvalue weighted by Gasteiger charge is 2.12. The molecule has 5 nitrogen and oxygen atoms in total. The van der Waals surface area contributed by atoms with E-state index in [9.17, 15) is 4.79 Å². The zero-order chi connectivity index (χ0) is 14.3. The molecule has 20 heavy (non-hydrogen) atoms. The lowest BCUT2D eigenvalue weighted by Gasteiger charge is -2.05. The van der Waals surface area contributed by atoms with E-state index in [1.54, 1.807) is 16.8 Å². The highest BCUT2D eigenvalue weighted by Crippen LogP contribution is 2.24. The van der Waals surface area contributed by atoms with Crippen LogP contribution in [0.3, 0.4) is 0 Å². The molecule has 0 unspecified atom stereocenters. The normalized spacial score (nSPS) is 10.9. The molecule has 100 valence electrons. The first kappa shape index (κ1) is 13.3. The van der Waals surface area contributed by atoms with Crippen LogP contribution in [-0.4, -0.2) is 26.1 Å². The monoisotopic (exact) mass is 399 g/mol. The van der Waals surface area contributed by atoms with Crippen LogP contribution in [0.5, 0.6) is 0 Å². The van der Waals surface area contributed by atoms with Crippen LogP contribution >= 0.6 is 34.2 Å². The van der Waals surface area contributed by atoms with Crippen LogP contribution < -0.4 is 0 Å². The second-order valence-electron chi connectivity index (χ2n) is 4.11. The Kier molecular flexibility index (Phi) is 3.35. The first-order valence-electron chi connectivity index (χ1n) is 5.60. The van der Waals surface area contributed by atoms with E-state index < -0.39 is 5.97 Å². The lowest BCUT2D eigenvalue weighted by atomic mass is 10.2. The molecular weight excluding hydrogens is 393 g/mol. The SMILES string of the molecule is O=C(O)c1ccc2c(c1)nnn2-c1ccc(Cl)cc1I. The van der Waals surface area contributed by atoms with Crippen molar-refractivity contribution in [3.8, 4) is 5.69 Å². The number of hydrogen-bond acceptors (Lipinski definition) is 3. The van der Waals surface area contributed by atoms with E-state index >= 15 is 0 Å². The van der Waals surface area contributed by atoms with Gasteiger partial charge in [0.25, 0.3) is 0 Å². The Morgan fingerprint density at radius 1 is 1.25 bits per heavy atom. The van der Waals surface area contributed by atoms with Crippen LogP contribution in [0.25, 0.3) is 16.7 Å². The number of carbonyl (C=O) groups is 1. The Morgan fingerprint density at radius 2 is 2.05 bits per heavy atom. The fourth-order valence-electron chi connectivity index (χ4n) is 1.89. The molecule has 0 saturated heterocycles. The Balaban J connectivity index is 2.20. The summed E-state index contributed by atoms with van der Waals surface area (Å²) < 4.78 is 2.60. The van der Waals surface area contributed by atoms with Crippen molar-refractivity contribution in [3.63, 3.8) is 0 Å². The van der Waals surface area contributed by atoms with Gasteiger partial charge >= 0.3 is 5.97 Å². The third kappa shape index (κ3) is 2.25.